The highest BCUT2D eigenvalue weighted by Gasteiger charge is 2.09. The molecular weight excluding hydrogens is 352 g/mol. The van der Waals surface area contributed by atoms with Crippen LogP contribution >= 0.6 is 11.6 Å². The number of amides is 1. The maximum Gasteiger partial charge on any atom is 0.243 e. The van der Waals surface area contributed by atoms with Crippen molar-refractivity contribution in [2.24, 2.45) is 0 Å². The lowest BCUT2D eigenvalue weighted by atomic mass is 10.2. The molecule has 1 amide bonds. The van der Waals surface area contributed by atoms with Gasteiger partial charge < -0.3 is 10.2 Å². The summed E-state index contributed by atoms with van der Waals surface area (Å²) >= 11 is 5.87. The van der Waals surface area contributed by atoms with Crippen LogP contribution in [0.2, 0.25) is 5.02 Å². The van der Waals surface area contributed by atoms with E-state index in [9.17, 15) is 4.79 Å². The van der Waals surface area contributed by atoms with E-state index in [4.69, 9.17) is 11.6 Å². The molecule has 1 heterocycles. The average Bonchev–Trinajstić information content (AvgIpc) is 3.09. The monoisotopic (exact) mass is 370 g/mol. The lowest BCUT2D eigenvalue weighted by Crippen LogP contribution is -2.28. The van der Waals surface area contributed by atoms with Gasteiger partial charge in [0.15, 0.2) is 0 Å². The molecule has 8 heteroatoms. The fourth-order valence-corrected chi connectivity index (χ4v) is 2.45. The quantitative estimate of drug-likeness (QED) is 0.721. The Kier molecular flexibility index (Phi) is 5.48. The van der Waals surface area contributed by atoms with Crippen LogP contribution in [0.1, 0.15) is 5.56 Å². The minimum atomic E-state index is -0.179. The molecule has 3 aromatic rings. The molecule has 7 nitrogen and oxygen atoms in total. The minimum absolute atomic E-state index is 0.0103. The average molecular weight is 371 g/mol. The molecule has 0 unspecified atom stereocenters. The van der Waals surface area contributed by atoms with Crippen molar-refractivity contribution in [1.82, 2.24) is 25.5 Å². The number of carbonyl (C=O) groups is 1. The van der Waals surface area contributed by atoms with Crippen LogP contribution in [-0.2, 0) is 17.9 Å². The van der Waals surface area contributed by atoms with E-state index in [-0.39, 0.29) is 12.5 Å². The topological polar surface area (TPSA) is 75.9 Å². The van der Waals surface area contributed by atoms with E-state index >= 15 is 0 Å². The molecule has 0 saturated carbocycles. The van der Waals surface area contributed by atoms with Crippen molar-refractivity contribution in [1.29, 1.82) is 0 Å². The SMILES string of the molecule is CN(C)c1ccc(CNC(=O)Cn2nnc(-c3ccc(Cl)cc3)n2)cc1. The molecule has 0 bridgehead atoms. The van der Waals surface area contributed by atoms with E-state index in [0.717, 1.165) is 16.8 Å². The number of aromatic nitrogens is 4. The highest BCUT2D eigenvalue weighted by atomic mass is 35.5. The van der Waals surface area contributed by atoms with Gasteiger partial charge in [-0.3, -0.25) is 4.79 Å². The first-order valence-corrected chi connectivity index (χ1v) is 8.46. The number of anilines is 1. The molecule has 1 N–H and O–H groups in total. The number of hydrogen-bond donors (Lipinski definition) is 1. The van der Waals surface area contributed by atoms with Crippen LogP contribution in [0.4, 0.5) is 5.69 Å². The lowest BCUT2D eigenvalue weighted by Gasteiger charge is -2.12. The van der Waals surface area contributed by atoms with E-state index in [1.807, 2.05) is 43.3 Å². The third-order valence-electron chi connectivity index (χ3n) is 3.78. The Hall–Kier alpha value is -2.93. The number of nitrogens with one attached hydrogen (secondary N) is 1. The summed E-state index contributed by atoms with van der Waals surface area (Å²) in [4.78, 5) is 15.4. The zero-order valence-corrected chi connectivity index (χ0v) is 15.3. The molecule has 1 aromatic heterocycles. The molecule has 0 spiro atoms. The van der Waals surface area contributed by atoms with Crippen LogP contribution in [-0.4, -0.2) is 40.2 Å². The second kappa shape index (κ2) is 7.97. The number of benzene rings is 2. The predicted molar refractivity (Wildman–Crippen MR) is 101 cm³/mol. The normalized spacial score (nSPS) is 10.6. The second-order valence-electron chi connectivity index (χ2n) is 5.99. The van der Waals surface area contributed by atoms with Gasteiger partial charge in [0, 0.05) is 36.9 Å². The van der Waals surface area contributed by atoms with E-state index in [0.29, 0.717) is 17.4 Å². The molecule has 0 radical (unpaired) electrons. The van der Waals surface area contributed by atoms with E-state index < -0.39 is 0 Å². The second-order valence-corrected chi connectivity index (χ2v) is 6.42. The molecule has 0 saturated heterocycles. The van der Waals surface area contributed by atoms with E-state index in [1.165, 1.54) is 4.80 Å². The predicted octanol–water partition coefficient (Wildman–Crippen LogP) is 2.38. The van der Waals surface area contributed by atoms with Gasteiger partial charge in [-0.2, -0.15) is 4.80 Å². The number of halogens is 1. The molecule has 0 aliphatic rings. The van der Waals surface area contributed by atoms with Crippen LogP contribution in [0.5, 0.6) is 0 Å². The summed E-state index contributed by atoms with van der Waals surface area (Å²) in [5.41, 5.74) is 2.93. The van der Waals surface area contributed by atoms with Gasteiger partial charge >= 0.3 is 0 Å². The van der Waals surface area contributed by atoms with E-state index in [1.54, 1.807) is 24.3 Å². The maximum atomic E-state index is 12.1. The number of rotatable bonds is 6. The Balaban J connectivity index is 1.54. The summed E-state index contributed by atoms with van der Waals surface area (Å²) in [6.45, 7) is 0.460. The fourth-order valence-electron chi connectivity index (χ4n) is 2.32. The third kappa shape index (κ3) is 4.58. The van der Waals surface area contributed by atoms with Crippen molar-refractivity contribution in [3.05, 3.63) is 59.1 Å². The van der Waals surface area contributed by atoms with Gasteiger partial charge in [0.2, 0.25) is 11.7 Å². The number of hydrogen-bond acceptors (Lipinski definition) is 5. The summed E-state index contributed by atoms with van der Waals surface area (Å²) < 4.78 is 0. The van der Waals surface area contributed by atoms with Gasteiger partial charge in [0.25, 0.3) is 0 Å². The Labute approximate surface area is 156 Å². The first kappa shape index (κ1) is 17.9. The molecule has 134 valence electrons. The highest BCUT2D eigenvalue weighted by Crippen LogP contribution is 2.17. The van der Waals surface area contributed by atoms with Gasteiger partial charge in [-0.25, -0.2) is 0 Å². The zero-order valence-electron chi connectivity index (χ0n) is 14.6. The summed E-state index contributed by atoms with van der Waals surface area (Å²) in [5.74, 6) is 0.274. The van der Waals surface area contributed by atoms with Gasteiger partial charge in [-0.05, 0) is 47.2 Å². The smallest absolute Gasteiger partial charge is 0.243 e. The summed E-state index contributed by atoms with van der Waals surface area (Å²) in [5, 5.41) is 15.6. The Morgan fingerprint density at radius 3 is 2.46 bits per heavy atom. The molecular formula is C18H19ClN6O. The molecule has 0 fully saturated rings. The molecule has 2 aromatic carbocycles. The Morgan fingerprint density at radius 2 is 1.81 bits per heavy atom. The van der Waals surface area contributed by atoms with Crippen molar-refractivity contribution in [2.75, 3.05) is 19.0 Å². The number of carbonyl (C=O) groups excluding carboxylic acids is 1. The first-order chi connectivity index (χ1) is 12.5. The van der Waals surface area contributed by atoms with Crippen molar-refractivity contribution in [3.63, 3.8) is 0 Å². The Morgan fingerprint density at radius 1 is 1.12 bits per heavy atom. The van der Waals surface area contributed by atoms with Gasteiger partial charge in [-0.15, -0.1) is 10.2 Å². The number of nitrogens with zero attached hydrogens (tertiary/aromatic N) is 5. The first-order valence-electron chi connectivity index (χ1n) is 8.08. The van der Waals surface area contributed by atoms with Crippen LogP contribution in [0.15, 0.2) is 48.5 Å². The van der Waals surface area contributed by atoms with Crippen molar-refractivity contribution >= 4 is 23.2 Å². The molecule has 0 aliphatic carbocycles. The highest BCUT2D eigenvalue weighted by molar-refractivity contribution is 6.30. The van der Waals surface area contributed by atoms with Crippen LogP contribution in [0, 0.1) is 0 Å². The summed E-state index contributed by atoms with van der Waals surface area (Å²) in [6.07, 6.45) is 0. The van der Waals surface area contributed by atoms with Crippen molar-refractivity contribution in [2.45, 2.75) is 13.1 Å². The van der Waals surface area contributed by atoms with Gasteiger partial charge in [-0.1, -0.05) is 23.7 Å². The summed E-state index contributed by atoms with van der Waals surface area (Å²) in [6, 6.07) is 15.1. The van der Waals surface area contributed by atoms with Crippen LogP contribution < -0.4 is 10.2 Å². The minimum Gasteiger partial charge on any atom is -0.378 e. The fraction of sp³-hybridized carbons (Fsp3) is 0.222. The van der Waals surface area contributed by atoms with Crippen molar-refractivity contribution < 1.29 is 4.79 Å². The van der Waals surface area contributed by atoms with Crippen LogP contribution in [0.25, 0.3) is 11.4 Å². The van der Waals surface area contributed by atoms with Crippen molar-refractivity contribution in [3.8, 4) is 11.4 Å². The largest absolute Gasteiger partial charge is 0.378 e. The Bertz CT molecular complexity index is 873. The molecule has 0 aliphatic heterocycles. The zero-order chi connectivity index (χ0) is 18.5. The lowest BCUT2D eigenvalue weighted by molar-refractivity contribution is -0.122. The van der Waals surface area contributed by atoms with Gasteiger partial charge in [0.1, 0.15) is 6.54 Å². The molecule has 0 atom stereocenters. The van der Waals surface area contributed by atoms with Gasteiger partial charge in [0.05, 0.1) is 0 Å². The maximum absolute atomic E-state index is 12.1. The standard InChI is InChI=1S/C18H19ClN6O/c1-24(2)16-9-3-13(4-10-16)11-20-17(26)12-25-22-18(21-23-25)14-5-7-15(19)8-6-14/h3-10H,11-12H2,1-2H3,(H,20,26). The summed E-state index contributed by atoms with van der Waals surface area (Å²) in [7, 11) is 3.97. The van der Waals surface area contributed by atoms with E-state index in [2.05, 4.69) is 20.7 Å². The van der Waals surface area contributed by atoms with Crippen LogP contribution in [0.3, 0.4) is 0 Å². The third-order valence-corrected chi connectivity index (χ3v) is 4.03. The number of tetrazole rings is 1. The molecule has 26 heavy (non-hydrogen) atoms. The molecule has 3 rings (SSSR count).